The molecule has 0 atom stereocenters. The van der Waals surface area contributed by atoms with E-state index in [1.165, 1.54) is 6.07 Å². The quantitative estimate of drug-likeness (QED) is 0.563. The summed E-state index contributed by atoms with van der Waals surface area (Å²) in [5, 5.41) is 14.8. The van der Waals surface area contributed by atoms with Crippen LogP contribution in [0.2, 0.25) is 0 Å². The molecule has 3 N–H and O–H groups in total. The standard InChI is InChI=1S/C18H17F2N5O/c19-13-2-3-15(14(20)10-13)23-17-11-16(12-4-7-21-8-5-12)24-18(25-17)22-6-1-9-26/h2-5,7-8,10-11,26H,1,6,9H2,(H2,22,23,24,25). The molecule has 134 valence electrons. The summed E-state index contributed by atoms with van der Waals surface area (Å²) < 4.78 is 27.0. The molecule has 0 aliphatic heterocycles. The SMILES string of the molecule is OCCCNc1nc(Nc2ccc(F)cc2F)cc(-c2ccncc2)n1. The lowest BCUT2D eigenvalue weighted by Gasteiger charge is -2.12. The van der Waals surface area contributed by atoms with Crippen molar-refractivity contribution >= 4 is 17.5 Å². The summed E-state index contributed by atoms with van der Waals surface area (Å²) in [5.41, 5.74) is 1.53. The van der Waals surface area contributed by atoms with Crippen molar-refractivity contribution in [3.05, 3.63) is 60.4 Å². The molecule has 26 heavy (non-hydrogen) atoms. The van der Waals surface area contributed by atoms with Crippen LogP contribution in [-0.4, -0.2) is 33.2 Å². The van der Waals surface area contributed by atoms with Crippen molar-refractivity contribution in [3.63, 3.8) is 0 Å². The van der Waals surface area contributed by atoms with Crippen molar-refractivity contribution in [2.45, 2.75) is 6.42 Å². The fraction of sp³-hybridized carbons (Fsp3) is 0.167. The van der Waals surface area contributed by atoms with E-state index in [0.717, 1.165) is 17.7 Å². The van der Waals surface area contributed by atoms with Crippen molar-refractivity contribution < 1.29 is 13.9 Å². The van der Waals surface area contributed by atoms with Crippen LogP contribution in [0.3, 0.4) is 0 Å². The molecule has 3 rings (SSSR count). The lowest BCUT2D eigenvalue weighted by atomic mass is 10.2. The highest BCUT2D eigenvalue weighted by atomic mass is 19.1. The summed E-state index contributed by atoms with van der Waals surface area (Å²) >= 11 is 0. The van der Waals surface area contributed by atoms with Crippen molar-refractivity contribution in [2.75, 3.05) is 23.8 Å². The van der Waals surface area contributed by atoms with E-state index in [1.807, 2.05) is 0 Å². The molecule has 0 spiro atoms. The van der Waals surface area contributed by atoms with Crippen LogP contribution >= 0.6 is 0 Å². The number of nitrogens with zero attached hydrogens (tertiary/aromatic N) is 3. The average Bonchev–Trinajstić information content (AvgIpc) is 2.65. The number of hydrogen-bond donors (Lipinski definition) is 3. The third-order valence-electron chi connectivity index (χ3n) is 3.51. The summed E-state index contributed by atoms with van der Waals surface area (Å²) in [6, 6.07) is 8.52. The third kappa shape index (κ3) is 4.48. The second kappa shape index (κ2) is 8.30. The molecule has 0 radical (unpaired) electrons. The van der Waals surface area contributed by atoms with E-state index >= 15 is 0 Å². The van der Waals surface area contributed by atoms with E-state index in [0.29, 0.717) is 30.4 Å². The molecular weight excluding hydrogens is 340 g/mol. The lowest BCUT2D eigenvalue weighted by Crippen LogP contribution is -2.09. The van der Waals surface area contributed by atoms with Crippen LogP contribution in [0.5, 0.6) is 0 Å². The van der Waals surface area contributed by atoms with Crippen LogP contribution in [0, 0.1) is 11.6 Å². The van der Waals surface area contributed by atoms with Gasteiger partial charge in [0.15, 0.2) is 0 Å². The van der Waals surface area contributed by atoms with Gasteiger partial charge in [-0.3, -0.25) is 4.98 Å². The minimum Gasteiger partial charge on any atom is -0.396 e. The number of nitrogens with one attached hydrogen (secondary N) is 2. The summed E-state index contributed by atoms with van der Waals surface area (Å²) in [6.45, 7) is 0.531. The van der Waals surface area contributed by atoms with Crippen LogP contribution in [0.25, 0.3) is 11.3 Å². The molecule has 0 aliphatic carbocycles. The Morgan fingerprint density at radius 1 is 1.00 bits per heavy atom. The molecule has 3 aromatic rings. The largest absolute Gasteiger partial charge is 0.396 e. The normalized spacial score (nSPS) is 10.6. The van der Waals surface area contributed by atoms with Gasteiger partial charge in [0.1, 0.15) is 17.5 Å². The van der Waals surface area contributed by atoms with Crippen LogP contribution in [0.15, 0.2) is 48.8 Å². The van der Waals surface area contributed by atoms with Gasteiger partial charge in [0, 0.05) is 43.2 Å². The number of aliphatic hydroxyl groups excluding tert-OH is 1. The molecule has 0 saturated heterocycles. The van der Waals surface area contributed by atoms with Gasteiger partial charge < -0.3 is 15.7 Å². The first-order valence-corrected chi connectivity index (χ1v) is 8.02. The van der Waals surface area contributed by atoms with Gasteiger partial charge in [0.2, 0.25) is 5.95 Å². The Kier molecular flexibility index (Phi) is 5.65. The van der Waals surface area contributed by atoms with Gasteiger partial charge in [-0.15, -0.1) is 0 Å². The second-order valence-electron chi connectivity index (χ2n) is 5.45. The fourth-order valence-corrected chi connectivity index (χ4v) is 2.27. The molecule has 0 unspecified atom stereocenters. The summed E-state index contributed by atoms with van der Waals surface area (Å²) in [6.07, 6.45) is 3.82. The Morgan fingerprint density at radius 3 is 2.54 bits per heavy atom. The van der Waals surface area contributed by atoms with Gasteiger partial charge in [-0.05, 0) is 30.7 Å². The van der Waals surface area contributed by atoms with Gasteiger partial charge >= 0.3 is 0 Å². The Labute approximate surface area is 149 Å². The van der Waals surface area contributed by atoms with E-state index in [1.54, 1.807) is 30.6 Å². The van der Waals surface area contributed by atoms with Crippen LogP contribution in [0.1, 0.15) is 6.42 Å². The maximum atomic E-state index is 13.9. The molecule has 1 aromatic carbocycles. The molecule has 2 aromatic heterocycles. The third-order valence-corrected chi connectivity index (χ3v) is 3.51. The van der Waals surface area contributed by atoms with E-state index in [2.05, 4.69) is 25.6 Å². The molecule has 0 bridgehead atoms. The maximum Gasteiger partial charge on any atom is 0.225 e. The average molecular weight is 357 g/mol. The summed E-state index contributed by atoms with van der Waals surface area (Å²) in [7, 11) is 0. The van der Waals surface area contributed by atoms with Gasteiger partial charge in [-0.2, -0.15) is 4.98 Å². The Bertz CT molecular complexity index is 877. The lowest BCUT2D eigenvalue weighted by molar-refractivity contribution is 0.292. The zero-order valence-electron chi connectivity index (χ0n) is 13.8. The minimum absolute atomic E-state index is 0.0446. The molecule has 0 amide bonds. The first-order valence-electron chi connectivity index (χ1n) is 8.02. The van der Waals surface area contributed by atoms with Crippen molar-refractivity contribution in [2.24, 2.45) is 0 Å². The smallest absolute Gasteiger partial charge is 0.225 e. The molecular formula is C18H17F2N5O. The predicted octanol–water partition coefficient (Wildman–Crippen LogP) is 3.35. The number of anilines is 3. The number of rotatable bonds is 7. The molecule has 2 heterocycles. The van der Waals surface area contributed by atoms with Gasteiger partial charge in [-0.1, -0.05) is 0 Å². The van der Waals surface area contributed by atoms with Crippen molar-refractivity contribution in [3.8, 4) is 11.3 Å². The number of hydrogen-bond acceptors (Lipinski definition) is 6. The molecule has 0 saturated carbocycles. The van der Waals surface area contributed by atoms with E-state index < -0.39 is 11.6 Å². The molecule has 6 nitrogen and oxygen atoms in total. The molecule has 8 heteroatoms. The maximum absolute atomic E-state index is 13.9. The highest BCUT2D eigenvalue weighted by molar-refractivity contribution is 5.67. The fourth-order valence-electron chi connectivity index (χ4n) is 2.27. The Hall–Kier alpha value is -3.13. The van der Waals surface area contributed by atoms with Gasteiger partial charge in [0.25, 0.3) is 0 Å². The second-order valence-corrected chi connectivity index (χ2v) is 5.45. The van der Waals surface area contributed by atoms with Crippen LogP contribution < -0.4 is 10.6 Å². The van der Waals surface area contributed by atoms with Gasteiger partial charge in [-0.25, -0.2) is 13.8 Å². The van der Waals surface area contributed by atoms with Crippen LogP contribution in [0.4, 0.5) is 26.2 Å². The predicted molar refractivity (Wildman–Crippen MR) is 95.1 cm³/mol. The number of pyridine rings is 1. The summed E-state index contributed by atoms with van der Waals surface area (Å²) in [5.74, 6) is -0.690. The van der Waals surface area contributed by atoms with E-state index in [-0.39, 0.29) is 12.3 Å². The number of aromatic nitrogens is 3. The highest BCUT2D eigenvalue weighted by Crippen LogP contribution is 2.24. The summed E-state index contributed by atoms with van der Waals surface area (Å²) in [4.78, 5) is 12.7. The number of aliphatic hydroxyl groups is 1. The molecule has 0 fully saturated rings. The molecule has 0 aliphatic rings. The van der Waals surface area contributed by atoms with Gasteiger partial charge in [0.05, 0.1) is 11.4 Å². The first-order chi connectivity index (χ1) is 12.7. The Balaban J connectivity index is 1.93. The zero-order valence-corrected chi connectivity index (χ0v) is 13.8. The zero-order chi connectivity index (χ0) is 18.4. The Morgan fingerprint density at radius 2 is 1.81 bits per heavy atom. The van der Waals surface area contributed by atoms with Crippen molar-refractivity contribution in [1.29, 1.82) is 0 Å². The number of halogens is 2. The monoisotopic (exact) mass is 357 g/mol. The topological polar surface area (TPSA) is 83.0 Å². The van der Waals surface area contributed by atoms with E-state index in [4.69, 9.17) is 5.11 Å². The highest BCUT2D eigenvalue weighted by Gasteiger charge is 2.10. The van der Waals surface area contributed by atoms with Crippen LogP contribution in [-0.2, 0) is 0 Å². The van der Waals surface area contributed by atoms with Crippen molar-refractivity contribution in [1.82, 2.24) is 15.0 Å². The minimum atomic E-state index is -0.719. The number of benzene rings is 1. The van der Waals surface area contributed by atoms with E-state index in [9.17, 15) is 8.78 Å². The first kappa shape index (κ1) is 17.7.